The Bertz CT molecular complexity index is 990. The molecule has 0 saturated heterocycles. The van der Waals surface area contributed by atoms with E-state index in [0.29, 0.717) is 37.9 Å². The van der Waals surface area contributed by atoms with Crippen LogP contribution in [0.4, 0.5) is 5.69 Å². The molecule has 0 bridgehead atoms. The van der Waals surface area contributed by atoms with E-state index in [1.54, 1.807) is 6.20 Å². The van der Waals surface area contributed by atoms with E-state index in [2.05, 4.69) is 20.8 Å². The minimum atomic E-state index is -0.178. The highest BCUT2D eigenvalue weighted by Crippen LogP contribution is 2.27. The van der Waals surface area contributed by atoms with Crippen LogP contribution in [0.3, 0.4) is 0 Å². The number of hydrogen-bond donors (Lipinski definition) is 3. The van der Waals surface area contributed by atoms with E-state index in [-0.39, 0.29) is 9.84 Å². The molecule has 0 aliphatic rings. The number of anilines is 1. The Kier molecular flexibility index (Phi) is 7.64. The summed E-state index contributed by atoms with van der Waals surface area (Å²) < 4.78 is 16.3. The fraction of sp³-hybridized carbons (Fsp3) is 0.364. The van der Waals surface area contributed by atoms with Crippen molar-refractivity contribution in [2.75, 3.05) is 31.8 Å². The van der Waals surface area contributed by atoms with Gasteiger partial charge in [-0.15, -0.1) is 0 Å². The van der Waals surface area contributed by atoms with E-state index < -0.39 is 0 Å². The van der Waals surface area contributed by atoms with Gasteiger partial charge in [0, 0.05) is 28.1 Å². The van der Waals surface area contributed by atoms with Crippen LogP contribution in [0.2, 0.25) is 0 Å². The third-order valence-corrected chi connectivity index (χ3v) is 4.58. The molecule has 3 rings (SSSR count). The summed E-state index contributed by atoms with van der Waals surface area (Å²) in [5, 5.41) is 10.3. The summed E-state index contributed by atoms with van der Waals surface area (Å²) in [7, 11) is 0. The van der Waals surface area contributed by atoms with Crippen molar-refractivity contribution in [2.24, 2.45) is 0 Å². The summed E-state index contributed by atoms with van der Waals surface area (Å²) in [4.78, 5) is 15.0. The zero-order valence-corrected chi connectivity index (χ0v) is 17.6. The predicted molar refractivity (Wildman–Crippen MR) is 122 cm³/mol. The number of rotatable bonds is 11. The van der Waals surface area contributed by atoms with Crippen molar-refractivity contribution < 1.29 is 18.3 Å². The lowest BCUT2D eigenvalue weighted by Crippen LogP contribution is -2.19. The molecule has 30 heavy (non-hydrogen) atoms. The van der Waals surface area contributed by atoms with Crippen LogP contribution < -0.4 is 20.9 Å². The molecule has 0 spiro atoms. The average molecular weight is 419 g/mol. The van der Waals surface area contributed by atoms with Gasteiger partial charge < -0.3 is 24.3 Å². The van der Waals surface area contributed by atoms with Gasteiger partial charge in [0.15, 0.2) is 0 Å². The van der Waals surface area contributed by atoms with E-state index in [4.69, 9.17) is 14.0 Å². The van der Waals surface area contributed by atoms with Crippen molar-refractivity contribution in [3.8, 4) is 16.9 Å². The number of aryl methyl sites for hydroxylation is 2. The van der Waals surface area contributed by atoms with Gasteiger partial charge in [-0.25, -0.2) is 0 Å². The minimum absolute atomic E-state index is 0. The van der Waals surface area contributed by atoms with Crippen molar-refractivity contribution in [3.05, 3.63) is 63.9 Å². The van der Waals surface area contributed by atoms with Gasteiger partial charge in [0.1, 0.15) is 23.8 Å². The van der Waals surface area contributed by atoms with Crippen LogP contribution in [0, 0.1) is 13.8 Å². The molecule has 0 saturated carbocycles. The lowest BCUT2D eigenvalue weighted by molar-refractivity contribution is 0.0879. The molecule has 8 nitrogen and oxygen atoms in total. The van der Waals surface area contributed by atoms with E-state index in [1.807, 2.05) is 51.1 Å². The number of hydrogen-bond acceptors (Lipinski definition) is 7. The Balaban J connectivity index is 0.00000341. The van der Waals surface area contributed by atoms with Gasteiger partial charge in [-0.3, -0.25) is 10.1 Å². The lowest BCUT2D eigenvalue weighted by Gasteiger charge is -2.10. The molecule has 166 valence electrons. The monoisotopic (exact) mass is 418 g/mol. The molecule has 0 aliphatic carbocycles. The van der Waals surface area contributed by atoms with Crippen LogP contribution in [0.5, 0.6) is 5.75 Å². The Morgan fingerprint density at radius 1 is 1.20 bits per heavy atom. The van der Waals surface area contributed by atoms with Crippen molar-refractivity contribution in [1.82, 2.24) is 15.5 Å². The highest BCUT2D eigenvalue weighted by molar-refractivity contribution is 5.70. The molecule has 0 amide bonds. The van der Waals surface area contributed by atoms with Crippen LogP contribution in [0.15, 0.2) is 45.8 Å². The van der Waals surface area contributed by atoms with E-state index in [9.17, 15) is 4.79 Å². The standard InChI is InChI=1S/C22H28N4O4.3H2/c1-4-23-14-28-9-10-29-19-7-5-17(6-8-19)12-24-20-11-18(13-25-22(20)27)21-15(2)26-30-16(21)3;;;/h5-8,11,13,23-24H,4,9-10,12,14H2,1-3H3,(H,25,27);3*1H. The van der Waals surface area contributed by atoms with E-state index >= 15 is 0 Å². The zero-order valence-electron chi connectivity index (χ0n) is 17.6. The van der Waals surface area contributed by atoms with Gasteiger partial charge in [-0.05, 0) is 44.2 Å². The second-order valence-electron chi connectivity index (χ2n) is 6.83. The smallest absolute Gasteiger partial charge is 0.271 e. The number of nitrogens with zero attached hydrogens (tertiary/aromatic N) is 1. The molecule has 0 aliphatic heterocycles. The SMILES string of the molecule is CCNCOCCOc1ccc(CNc2cc(-c3c(C)noc3C)c[nH]c2=O)cc1.[HH].[HH].[HH]. The van der Waals surface area contributed by atoms with Crippen LogP contribution in [0.1, 0.15) is 28.2 Å². The van der Waals surface area contributed by atoms with Gasteiger partial charge in [-0.2, -0.15) is 0 Å². The summed E-state index contributed by atoms with van der Waals surface area (Å²) in [6, 6.07) is 9.57. The first kappa shape index (κ1) is 21.6. The number of H-pyrrole nitrogens is 1. The topological polar surface area (TPSA) is 101 Å². The van der Waals surface area contributed by atoms with E-state index in [0.717, 1.165) is 34.7 Å². The maximum atomic E-state index is 12.2. The molecule has 2 heterocycles. The van der Waals surface area contributed by atoms with Gasteiger partial charge in [0.25, 0.3) is 5.56 Å². The molecule has 2 aromatic heterocycles. The first-order valence-corrected chi connectivity index (χ1v) is 9.98. The Hall–Kier alpha value is -3.10. The minimum Gasteiger partial charge on any atom is -0.491 e. The normalized spacial score (nSPS) is 10.9. The molecular formula is C22H34N4O4. The fourth-order valence-corrected chi connectivity index (χ4v) is 3.02. The van der Waals surface area contributed by atoms with Crippen molar-refractivity contribution in [3.63, 3.8) is 0 Å². The first-order valence-electron chi connectivity index (χ1n) is 9.98. The van der Waals surface area contributed by atoms with Crippen LogP contribution in [-0.2, 0) is 11.3 Å². The summed E-state index contributed by atoms with van der Waals surface area (Å²) in [5.41, 5.74) is 3.88. The maximum Gasteiger partial charge on any atom is 0.271 e. The third kappa shape index (κ3) is 5.71. The predicted octanol–water partition coefficient (Wildman–Crippen LogP) is 3.96. The Labute approximate surface area is 180 Å². The number of aromatic nitrogens is 2. The maximum absolute atomic E-state index is 12.2. The number of ether oxygens (including phenoxy) is 2. The number of benzene rings is 1. The summed E-state index contributed by atoms with van der Waals surface area (Å²) in [6.45, 7) is 8.70. The molecule has 1 aromatic carbocycles. The number of pyridine rings is 1. The van der Waals surface area contributed by atoms with Crippen LogP contribution in [-0.4, -0.2) is 36.6 Å². The van der Waals surface area contributed by atoms with Gasteiger partial charge in [-0.1, -0.05) is 24.2 Å². The molecule has 8 heteroatoms. The molecular weight excluding hydrogens is 384 g/mol. The second kappa shape index (κ2) is 10.6. The summed E-state index contributed by atoms with van der Waals surface area (Å²) in [5.74, 6) is 1.50. The molecule has 0 atom stereocenters. The van der Waals surface area contributed by atoms with Gasteiger partial charge in [0.05, 0.1) is 19.0 Å². The fourth-order valence-electron chi connectivity index (χ4n) is 3.02. The molecule has 0 unspecified atom stereocenters. The van der Waals surface area contributed by atoms with Crippen LogP contribution in [0.25, 0.3) is 11.1 Å². The Morgan fingerprint density at radius 2 is 2.00 bits per heavy atom. The number of nitrogens with one attached hydrogen (secondary N) is 3. The summed E-state index contributed by atoms with van der Waals surface area (Å²) >= 11 is 0. The Morgan fingerprint density at radius 3 is 2.70 bits per heavy atom. The molecule has 3 N–H and O–H groups in total. The van der Waals surface area contributed by atoms with Crippen LogP contribution >= 0.6 is 0 Å². The lowest BCUT2D eigenvalue weighted by atomic mass is 10.1. The van der Waals surface area contributed by atoms with Crippen molar-refractivity contribution in [2.45, 2.75) is 27.3 Å². The molecule has 0 radical (unpaired) electrons. The first-order chi connectivity index (χ1) is 14.6. The number of aromatic amines is 1. The quantitative estimate of drug-likeness (QED) is 0.320. The third-order valence-electron chi connectivity index (χ3n) is 4.58. The molecule has 3 aromatic rings. The zero-order chi connectivity index (χ0) is 21.3. The average Bonchev–Trinajstić information content (AvgIpc) is 3.09. The summed E-state index contributed by atoms with van der Waals surface area (Å²) in [6.07, 6.45) is 1.67. The highest BCUT2D eigenvalue weighted by Gasteiger charge is 2.13. The second-order valence-corrected chi connectivity index (χ2v) is 6.83. The highest BCUT2D eigenvalue weighted by atomic mass is 16.5. The van der Waals surface area contributed by atoms with Crippen molar-refractivity contribution >= 4 is 5.69 Å². The largest absolute Gasteiger partial charge is 0.491 e. The van der Waals surface area contributed by atoms with Crippen molar-refractivity contribution in [1.29, 1.82) is 0 Å². The van der Waals surface area contributed by atoms with Gasteiger partial charge in [0.2, 0.25) is 0 Å². The van der Waals surface area contributed by atoms with E-state index in [1.165, 1.54) is 0 Å². The van der Waals surface area contributed by atoms with Gasteiger partial charge >= 0.3 is 0 Å². The molecule has 0 fully saturated rings.